The fraction of sp³-hybridized carbons (Fsp3) is 0.235. The number of imidazole rings is 1. The quantitative estimate of drug-likeness (QED) is 0.764. The Morgan fingerprint density at radius 2 is 1.90 bits per heavy atom. The molecule has 1 aromatic heterocycles. The van der Waals surface area contributed by atoms with E-state index in [1.165, 1.54) is 5.56 Å². The minimum absolute atomic E-state index is 0.193. The largest absolute Gasteiger partial charge is 0.396 e. The standard InChI is InChI=1S/C17H17BrN2O/c18-14-8-9-16-15(11-14)19-17(7-4-10-21)20(16)12-13-5-2-1-3-6-13/h1-3,5-6,8-9,11,21H,4,7,10,12H2. The Balaban J connectivity index is 2.04. The Hall–Kier alpha value is -1.65. The van der Waals surface area contributed by atoms with Gasteiger partial charge in [-0.05, 0) is 30.2 Å². The van der Waals surface area contributed by atoms with Crippen molar-refractivity contribution < 1.29 is 5.11 Å². The summed E-state index contributed by atoms with van der Waals surface area (Å²) in [6, 6.07) is 16.6. The van der Waals surface area contributed by atoms with Gasteiger partial charge in [0.2, 0.25) is 0 Å². The van der Waals surface area contributed by atoms with E-state index in [2.05, 4.69) is 50.8 Å². The van der Waals surface area contributed by atoms with Gasteiger partial charge in [0.05, 0.1) is 11.0 Å². The molecule has 2 aromatic carbocycles. The van der Waals surface area contributed by atoms with E-state index in [1.807, 2.05) is 18.2 Å². The second-order valence-corrected chi connectivity index (χ2v) is 5.98. The van der Waals surface area contributed by atoms with Crippen LogP contribution in [0.25, 0.3) is 11.0 Å². The van der Waals surface area contributed by atoms with Crippen LogP contribution in [0, 0.1) is 0 Å². The molecule has 4 heteroatoms. The third kappa shape index (κ3) is 3.17. The summed E-state index contributed by atoms with van der Waals surface area (Å²) in [5.74, 6) is 1.03. The number of aryl methyl sites for hydroxylation is 1. The van der Waals surface area contributed by atoms with Crippen LogP contribution in [-0.4, -0.2) is 21.3 Å². The number of nitrogens with zero attached hydrogens (tertiary/aromatic N) is 2. The lowest BCUT2D eigenvalue weighted by molar-refractivity contribution is 0.287. The first-order valence-corrected chi connectivity index (χ1v) is 7.86. The van der Waals surface area contributed by atoms with Crippen molar-refractivity contribution in [1.29, 1.82) is 0 Å². The maximum atomic E-state index is 9.08. The molecule has 0 atom stereocenters. The van der Waals surface area contributed by atoms with Crippen molar-refractivity contribution in [3.05, 3.63) is 64.4 Å². The van der Waals surface area contributed by atoms with Crippen molar-refractivity contribution in [2.45, 2.75) is 19.4 Å². The summed E-state index contributed by atoms with van der Waals surface area (Å²) in [4.78, 5) is 4.73. The number of rotatable bonds is 5. The van der Waals surface area contributed by atoms with Crippen LogP contribution >= 0.6 is 15.9 Å². The van der Waals surface area contributed by atoms with Crippen LogP contribution in [0.5, 0.6) is 0 Å². The molecule has 0 radical (unpaired) electrons. The summed E-state index contributed by atoms with van der Waals surface area (Å²) in [5.41, 5.74) is 3.38. The summed E-state index contributed by atoms with van der Waals surface area (Å²) in [6.45, 7) is 0.998. The molecule has 3 rings (SSSR count). The molecular formula is C17H17BrN2O. The molecule has 21 heavy (non-hydrogen) atoms. The molecule has 0 spiro atoms. The third-order valence-electron chi connectivity index (χ3n) is 3.53. The van der Waals surface area contributed by atoms with E-state index in [4.69, 9.17) is 10.1 Å². The molecule has 0 fully saturated rings. The molecular weight excluding hydrogens is 328 g/mol. The first-order valence-electron chi connectivity index (χ1n) is 7.07. The van der Waals surface area contributed by atoms with E-state index in [1.54, 1.807) is 0 Å². The van der Waals surface area contributed by atoms with Crippen LogP contribution < -0.4 is 0 Å². The van der Waals surface area contributed by atoms with Gasteiger partial charge in [0.1, 0.15) is 5.82 Å². The van der Waals surface area contributed by atoms with Crippen LogP contribution in [0.2, 0.25) is 0 Å². The van der Waals surface area contributed by atoms with Gasteiger partial charge in [-0.25, -0.2) is 4.98 Å². The smallest absolute Gasteiger partial charge is 0.110 e. The number of aromatic nitrogens is 2. The molecule has 3 nitrogen and oxygen atoms in total. The summed E-state index contributed by atoms with van der Waals surface area (Å²) in [6.07, 6.45) is 1.52. The molecule has 0 bridgehead atoms. The van der Waals surface area contributed by atoms with Gasteiger partial charge in [-0.15, -0.1) is 0 Å². The topological polar surface area (TPSA) is 38.1 Å². The van der Waals surface area contributed by atoms with Gasteiger partial charge in [-0.2, -0.15) is 0 Å². The Kier molecular flexibility index (Phi) is 4.36. The first kappa shape index (κ1) is 14.3. The molecule has 0 saturated carbocycles. The molecule has 0 unspecified atom stereocenters. The Morgan fingerprint density at radius 1 is 1.10 bits per heavy atom. The van der Waals surface area contributed by atoms with Gasteiger partial charge in [-0.1, -0.05) is 46.3 Å². The van der Waals surface area contributed by atoms with E-state index in [9.17, 15) is 0 Å². The molecule has 3 aromatic rings. The average molecular weight is 345 g/mol. The summed E-state index contributed by atoms with van der Waals surface area (Å²) < 4.78 is 3.28. The second-order valence-electron chi connectivity index (χ2n) is 5.06. The Bertz CT molecular complexity index is 737. The molecule has 0 amide bonds. The van der Waals surface area contributed by atoms with E-state index in [0.717, 1.165) is 40.7 Å². The number of benzene rings is 2. The van der Waals surface area contributed by atoms with E-state index in [0.29, 0.717) is 0 Å². The van der Waals surface area contributed by atoms with Gasteiger partial charge in [0.25, 0.3) is 0 Å². The van der Waals surface area contributed by atoms with Crippen LogP contribution in [0.15, 0.2) is 53.0 Å². The van der Waals surface area contributed by atoms with Crippen LogP contribution in [0.4, 0.5) is 0 Å². The van der Waals surface area contributed by atoms with Crippen molar-refractivity contribution >= 4 is 27.0 Å². The SMILES string of the molecule is OCCCc1nc2cc(Br)ccc2n1Cc1ccccc1. The van der Waals surface area contributed by atoms with Crippen LogP contribution in [-0.2, 0) is 13.0 Å². The molecule has 0 aliphatic rings. The van der Waals surface area contributed by atoms with Crippen LogP contribution in [0.3, 0.4) is 0 Å². The van der Waals surface area contributed by atoms with Crippen molar-refractivity contribution in [3.8, 4) is 0 Å². The van der Waals surface area contributed by atoms with E-state index < -0.39 is 0 Å². The lowest BCUT2D eigenvalue weighted by Crippen LogP contribution is -2.06. The molecule has 108 valence electrons. The number of halogens is 1. The highest BCUT2D eigenvalue weighted by Crippen LogP contribution is 2.22. The fourth-order valence-corrected chi connectivity index (χ4v) is 2.87. The number of hydrogen-bond donors (Lipinski definition) is 1. The van der Waals surface area contributed by atoms with Crippen molar-refractivity contribution in [3.63, 3.8) is 0 Å². The minimum atomic E-state index is 0.193. The molecule has 1 heterocycles. The normalized spacial score (nSPS) is 11.1. The zero-order valence-electron chi connectivity index (χ0n) is 11.7. The van der Waals surface area contributed by atoms with Crippen molar-refractivity contribution in [2.24, 2.45) is 0 Å². The van der Waals surface area contributed by atoms with Gasteiger partial charge in [0, 0.05) is 24.0 Å². The van der Waals surface area contributed by atoms with Crippen LogP contribution in [0.1, 0.15) is 17.8 Å². The summed E-state index contributed by atoms with van der Waals surface area (Å²) in [5, 5.41) is 9.08. The van der Waals surface area contributed by atoms with Crippen molar-refractivity contribution in [2.75, 3.05) is 6.61 Å². The average Bonchev–Trinajstić information content (AvgIpc) is 2.83. The van der Waals surface area contributed by atoms with Gasteiger partial charge in [0.15, 0.2) is 0 Å². The number of aliphatic hydroxyl groups is 1. The molecule has 1 N–H and O–H groups in total. The highest BCUT2D eigenvalue weighted by molar-refractivity contribution is 9.10. The maximum absolute atomic E-state index is 9.08. The van der Waals surface area contributed by atoms with E-state index in [-0.39, 0.29) is 6.61 Å². The highest BCUT2D eigenvalue weighted by Gasteiger charge is 2.11. The summed E-state index contributed by atoms with van der Waals surface area (Å²) >= 11 is 3.50. The number of fused-ring (bicyclic) bond motifs is 1. The Morgan fingerprint density at radius 3 is 2.67 bits per heavy atom. The number of hydrogen-bond acceptors (Lipinski definition) is 2. The van der Waals surface area contributed by atoms with Gasteiger partial charge < -0.3 is 9.67 Å². The predicted octanol–water partition coefficient (Wildman–Crippen LogP) is 3.77. The minimum Gasteiger partial charge on any atom is -0.396 e. The van der Waals surface area contributed by atoms with E-state index >= 15 is 0 Å². The highest BCUT2D eigenvalue weighted by atomic mass is 79.9. The lowest BCUT2D eigenvalue weighted by Gasteiger charge is -2.09. The van der Waals surface area contributed by atoms with Gasteiger partial charge >= 0.3 is 0 Å². The number of aliphatic hydroxyl groups excluding tert-OH is 1. The fourth-order valence-electron chi connectivity index (χ4n) is 2.52. The maximum Gasteiger partial charge on any atom is 0.110 e. The molecule has 0 saturated heterocycles. The Labute approximate surface area is 132 Å². The molecule has 0 aliphatic carbocycles. The second kappa shape index (κ2) is 6.41. The third-order valence-corrected chi connectivity index (χ3v) is 4.02. The molecule has 0 aliphatic heterocycles. The van der Waals surface area contributed by atoms with Gasteiger partial charge in [-0.3, -0.25) is 0 Å². The summed E-state index contributed by atoms with van der Waals surface area (Å²) in [7, 11) is 0. The first-order chi connectivity index (χ1) is 10.3. The lowest BCUT2D eigenvalue weighted by atomic mass is 10.2. The monoisotopic (exact) mass is 344 g/mol. The predicted molar refractivity (Wildman–Crippen MR) is 88.4 cm³/mol. The zero-order chi connectivity index (χ0) is 14.7. The zero-order valence-corrected chi connectivity index (χ0v) is 13.3. The van der Waals surface area contributed by atoms with Crippen molar-refractivity contribution in [1.82, 2.24) is 9.55 Å².